The van der Waals surface area contributed by atoms with Crippen LogP contribution in [0.3, 0.4) is 0 Å². The number of halogens is 1. The van der Waals surface area contributed by atoms with Crippen molar-refractivity contribution in [3.63, 3.8) is 0 Å². The summed E-state index contributed by atoms with van der Waals surface area (Å²) < 4.78 is 12.2. The molecule has 20 heavy (non-hydrogen) atoms. The number of nitrogens with zero attached hydrogens (tertiary/aromatic N) is 1. The predicted octanol–water partition coefficient (Wildman–Crippen LogP) is 2.53. The maximum absolute atomic E-state index is 11.9. The average molecular weight is 340 g/mol. The Morgan fingerprint density at radius 1 is 1.35 bits per heavy atom. The quantitative estimate of drug-likeness (QED) is 0.776. The maximum atomic E-state index is 11.9. The van der Waals surface area contributed by atoms with Crippen molar-refractivity contribution in [2.75, 3.05) is 19.7 Å². The van der Waals surface area contributed by atoms with E-state index in [1.165, 1.54) is 0 Å². The van der Waals surface area contributed by atoms with Gasteiger partial charge >= 0.3 is 5.97 Å². The third kappa shape index (κ3) is 2.75. The molecule has 0 saturated carbocycles. The molecule has 2 aliphatic heterocycles. The summed E-state index contributed by atoms with van der Waals surface area (Å²) in [5.41, 5.74) is 1.14. The second-order valence-corrected chi connectivity index (χ2v) is 6.23. The number of morpholine rings is 1. The molecule has 4 nitrogen and oxygen atoms in total. The van der Waals surface area contributed by atoms with Gasteiger partial charge in [-0.05, 0) is 18.6 Å². The molecule has 1 aromatic rings. The summed E-state index contributed by atoms with van der Waals surface area (Å²) in [4.78, 5) is 14.1. The van der Waals surface area contributed by atoms with E-state index >= 15 is 0 Å². The molecule has 3 rings (SSSR count). The Morgan fingerprint density at radius 2 is 2.15 bits per heavy atom. The molecule has 2 aliphatic rings. The highest BCUT2D eigenvalue weighted by Crippen LogP contribution is 2.31. The van der Waals surface area contributed by atoms with Crippen LogP contribution in [0.25, 0.3) is 0 Å². The third-order valence-electron chi connectivity index (χ3n) is 3.94. The zero-order valence-electron chi connectivity index (χ0n) is 11.4. The number of cyclic esters (lactones) is 1. The minimum absolute atomic E-state index is 0.00281. The third-order valence-corrected chi connectivity index (χ3v) is 4.66. The van der Waals surface area contributed by atoms with Crippen LogP contribution in [0.2, 0.25) is 0 Å². The zero-order valence-corrected chi connectivity index (χ0v) is 13.0. The van der Waals surface area contributed by atoms with Crippen LogP contribution in [0.15, 0.2) is 28.7 Å². The number of carbonyl (C=O) groups excluding carboxylic acids is 1. The number of hydrogen-bond acceptors (Lipinski definition) is 4. The number of rotatable bonds is 2. The van der Waals surface area contributed by atoms with Crippen LogP contribution in [0, 0.1) is 0 Å². The Labute approximate surface area is 127 Å². The van der Waals surface area contributed by atoms with Gasteiger partial charge in [0.05, 0.1) is 12.7 Å². The van der Waals surface area contributed by atoms with Crippen LogP contribution in [0.1, 0.15) is 25.0 Å². The molecule has 0 spiro atoms. The molecule has 2 heterocycles. The van der Waals surface area contributed by atoms with Crippen molar-refractivity contribution in [3.05, 3.63) is 34.3 Å². The van der Waals surface area contributed by atoms with E-state index in [2.05, 4.69) is 26.9 Å². The fourth-order valence-corrected chi connectivity index (χ4v) is 3.45. The van der Waals surface area contributed by atoms with Gasteiger partial charge in [0.1, 0.15) is 12.1 Å². The van der Waals surface area contributed by atoms with Gasteiger partial charge in [-0.2, -0.15) is 0 Å². The van der Waals surface area contributed by atoms with E-state index in [4.69, 9.17) is 9.47 Å². The average Bonchev–Trinajstić information content (AvgIpc) is 2.78. The molecule has 5 heteroatoms. The molecule has 0 radical (unpaired) electrons. The fraction of sp³-hybridized carbons (Fsp3) is 0.533. The summed E-state index contributed by atoms with van der Waals surface area (Å²) in [6.07, 6.45) is 0.807. The Bertz CT molecular complexity index is 508. The Hall–Kier alpha value is -0.910. The van der Waals surface area contributed by atoms with Gasteiger partial charge in [-0.15, -0.1) is 0 Å². The normalized spacial score (nSPS) is 31.3. The molecule has 0 aromatic heterocycles. The monoisotopic (exact) mass is 339 g/mol. The van der Waals surface area contributed by atoms with Gasteiger partial charge in [-0.25, -0.2) is 0 Å². The van der Waals surface area contributed by atoms with Crippen molar-refractivity contribution in [2.45, 2.75) is 31.6 Å². The molecule has 108 valence electrons. The first-order chi connectivity index (χ1) is 9.65. The van der Waals surface area contributed by atoms with Crippen LogP contribution >= 0.6 is 15.9 Å². The van der Waals surface area contributed by atoms with Gasteiger partial charge in [-0.3, -0.25) is 9.69 Å². The van der Waals surface area contributed by atoms with E-state index in [9.17, 15) is 4.79 Å². The Morgan fingerprint density at radius 3 is 2.85 bits per heavy atom. The predicted molar refractivity (Wildman–Crippen MR) is 78.4 cm³/mol. The molecule has 2 saturated heterocycles. The van der Waals surface area contributed by atoms with Gasteiger partial charge in [0.2, 0.25) is 0 Å². The molecule has 0 unspecified atom stereocenters. The van der Waals surface area contributed by atoms with Gasteiger partial charge in [0.15, 0.2) is 0 Å². The number of carbonyl (C=O) groups is 1. The van der Waals surface area contributed by atoms with Gasteiger partial charge in [-0.1, -0.05) is 34.1 Å². The number of esters is 1. The molecule has 0 amide bonds. The number of hydrogen-bond donors (Lipinski definition) is 0. The van der Waals surface area contributed by atoms with Crippen molar-refractivity contribution in [2.24, 2.45) is 0 Å². The molecule has 3 atom stereocenters. The fourth-order valence-electron chi connectivity index (χ4n) is 2.91. The topological polar surface area (TPSA) is 38.8 Å². The van der Waals surface area contributed by atoms with E-state index in [1.807, 2.05) is 25.1 Å². The van der Waals surface area contributed by atoms with E-state index < -0.39 is 0 Å². The highest BCUT2D eigenvalue weighted by atomic mass is 79.9. The van der Waals surface area contributed by atoms with Gasteiger partial charge < -0.3 is 9.47 Å². The molecular formula is C15H18BrNO3. The van der Waals surface area contributed by atoms with Crippen LogP contribution in [0.5, 0.6) is 0 Å². The second-order valence-electron chi connectivity index (χ2n) is 5.37. The van der Waals surface area contributed by atoms with E-state index in [-0.39, 0.29) is 24.2 Å². The zero-order chi connectivity index (χ0) is 14.1. The summed E-state index contributed by atoms with van der Waals surface area (Å²) in [5, 5.41) is 0. The summed E-state index contributed by atoms with van der Waals surface area (Å²) in [7, 11) is 0. The first kappa shape index (κ1) is 14.0. The van der Waals surface area contributed by atoms with Crippen molar-refractivity contribution in [1.82, 2.24) is 4.90 Å². The first-order valence-electron chi connectivity index (χ1n) is 6.95. The Balaban J connectivity index is 1.74. The first-order valence-corrected chi connectivity index (χ1v) is 7.75. The van der Waals surface area contributed by atoms with Crippen molar-refractivity contribution in [1.29, 1.82) is 0 Å². The summed E-state index contributed by atoms with van der Waals surface area (Å²) >= 11 is 3.57. The van der Waals surface area contributed by atoms with Crippen LogP contribution < -0.4 is 0 Å². The molecular weight excluding hydrogens is 322 g/mol. The summed E-state index contributed by atoms with van der Waals surface area (Å²) in [6, 6.07) is 7.97. The minimum atomic E-state index is -0.112. The minimum Gasteiger partial charge on any atom is -0.461 e. The lowest BCUT2D eigenvalue weighted by Crippen LogP contribution is -2.46. The summed E-state index contributed by atoms with van der Waals surface area (Å²) in [6.45, 7) is 4.11. The lowest BCUT2D eigenvalue weighted by molar-refractivity contribution is -0.147. The van der Waals surface area contributed by atoms with Crippen molar-refractivity contribution < 1.29 is 14.3 Å². The van der Waals surface area contributed by atoms with Gasteiger partial charge in [0, 0.05) is 24.0 Å². The molecule has 0 N–H and O–H groups in total. The SMILES string of the molecule is C[C@@H]1C[C@H](N2CCO[C@@H](c3ccccc3Br)C2)C(=O)O1. The Kier molecular flexibility index (Phi) is 4.10. The molecule has 1 aromatic carbocycles. The highest BCUT2D eigenvalue weighted by molar-refractivity contribution is 9.10. The lowest BCUT2D eigenvalue weighted by atomic mass is 10.1. The smallest absolute Gasteiger partial charge is 0.323 e. The van der Waals surface area contributed by atoms with Crippen molar-refractivity contribution >= 4 is 21.9 Å². The maximum Gasteiger partial charge on any atom is 0.323 e. The standard InChI is InChI=1S/C15H18BrNO3/c1-10-8-13(15(18)20-10)17-6-7-19-14(9-17)11-4-2-3-5-12(11)16/h2-5,10,13-14H,6-9H2,1H3/t10-,13+,14-/m1/s1. The highest BCUT2D eigenvalue weighted by Gasteiger charge is 2.39. The number of ether oxygens (including phenoxy) is 2. The van der Waals surface area contributed by atoms with Crippen molar-refractivity contribution in [3.8, 4) is 0 Å². The molecule has 0 bridgehead atoms. The van der Waals surface area contributed by atoms with Crippen LogP contribution in [-0.2, 0) is 14.3 Å². The van der Waals surface area contributed by atoms with Gasteiger partial charge in [0.25, 0.3) is 0 Å². The van der Waals surface area contributed by atoms with Crippen LogP contribution in [-0.4, -0.2) is 42.7 Å². The van der Waals surface area contributed by atoms with Crippen LogP contribution in [0.4, 0.5) is 0 Å². The number of benzene rings is 1. The second kappa shape index (κ2) is 5.84. The van der Waals surface area contributed by atoms with E-state index in [1.54, 1.807) is 0 Å². The van der Waals surface area contributed by atoms with E-state index in [0.717, 1.165) is 29.5 Å². The molecule has 0 aliphatic carbocycles. The summed E-state index contributed by atoms with van der Waals surface area (Å²) in [5.74, 6) is -0.0923. The molecule has 2 fully saturated rings. The van der Waals surface area contributed by atoms with E-state index in [0.29, 0.717) is 6.61 Å². The lowest BCUT2D eigenvalue weighted by Gasteiger charge is -2.35. The largest absolute Gasteiger partial charge is 0.461 e.